The molecule has 0 aromatic carbocycles. The molecule has 17 heavy (non-hydrogen) atoms. The molecular weight excluding hydrogens is 282 g/mol. The molecule has 1 aromatic heterocycles. The third kappa shape index (κ3) is 2.84. The predicted octanol–water partition coefficient (Wildman–Crippen LogP) is 1.67. The molecule has 2 rings (SSSR count). The summed E-state index contributed by atoms with van der Waals surface area (Å²) in [5, 5.41) is 3.36. The van der Waals surface area contributed by atoms with Crippen LogP contribution in [-0.4, -0.2) is 41.0 Å². The summed E-state index contributed by atoms with van der Waals surface area (Å²) in [6, 6.07) is 4.15. The minimum absolute atomic E-state index is 0.0124. The van der Waals surface area contributed by atoms with E-state index < -0.39 is 0 Å². The molecule has 1 aliphatic heterocycles. The van der Waals surface area contributed by atoms with Gasteiger partial charge in [-0.05, 0) is 41.9 Å². The molecule has 2 heterocycles. The van der Waals surface area contributed by atoms with Crippen molar-refractivity contribution in [2.75, 3.05) is 13.1 Å². The van der Waals surface area contributed by atoms with Crippen molar-refractivity contribution in [3.05, 3.63) is 28.5 Å². The van der Waals surface area contributed by atoms with Gasteiger partial charge in [0.05, 0.1) is 0 Å². The van der Waals surface area contributed by atoms with Crippen LogP contribution in [0.25, 0.3) is 0 Å². The number of carbonyl (C=O) groups is 1. The third-order valence-corrected chi connectivity index (χ3v) is 3.44. The zero-order valence-electron chi connectivity index (χ0n) is 9.98. The van der Waals surface area contributed by atoms with Crippen molar-refractivity contribution in [2.24, 2.45) is 0 Å². The van der Waals surface area contributed by atoms with Crippen LogP contribution in [0.3, 0.4) is 0 Å². The average Bonchev–Trinajstić information content (AvgIpc) is 2.32. The Labute approximate surface area is 110 Å². The van der Waals surface area contributed by atoms with E-state index in [4.69, 9.17) is 0 Å². The Morgan fingerprint density at radius 1 is 1.53 bits per heavy atom. The molecule has 1 aliphatic rings. The van der Waals surface area contributed by atoms with E-state index in [2.05, 4.69) is 40.1 Å². The van der Waals surface area contributed by atoms with E-state index in [1.807, 2.05) is 11.0 Å². The first-order valence-corrected chi connectivity index (χ1v) is 6.53. The first-order chi connectivity index (χ1) is 8.08. The summed E-state index contributed by atoms with van der Waals surface area (Å²) in [6.07, 6.45) is 1.66. The molecule has 1 amide bonds. The summed E-state index contributed by atoms with van der Waals surface area (Å²) in [6.45, 7) is 5.71. The summed E-state index contributed by atoms with van der Waals surface area (Å²) in [5.74, 6) is 0.0124. The van der Waals surface area contributed by atoms with Crippen LogP contribution in [-0.2, 0) is 0 Å². The molecule has 0 bridgehead atoms. The van der Waals surface area contributed by atoms with Crippen molar-refractivity contribution in [2.45, 2.75) is 25.9 Å². The van der Waals surface area contributed by atoms with Crippen molar-refractivity contribution in [3.63, 3.8) is 0 Å². The van der Waals surface area contributed by atoms with Gasteiger partial charge in [0.1, 0.15) is 5.69 Å². The van der Waals surface area contributed by atoms with Crippen LogP contribution in [0.5, 0.6) is 0 Å². The van der Waals surface area contributed by atoms with Crippen LogP contribution >= 0.6 is 15.9 Å². The van der Waals surface area contributed by atoms with Crippen LogP contribution in [0, 0.1) is 0 Å². The number of nitrogens with zero attached hydrogens (tertiary/aromatic N) is 2. The molecule has 1 aromatic rings. The van der Waals surface area contributed by atoms with E-state index in [0.29, 0.717) is 11.7 Å². The molecule has 2 unspecified atom stereocenters. The van der Waals surface area contributed by atoms with E-state index in [1.165, 1.54) is 0 Å². The van der Waals surface area contributed by atoms with Crippen molar-refractivity contribution in [1.29, 1.82) is 0 Å². The monoisotopic (exact) mass is 297 g/mol. The quantitative estimate of drug-likeness (QED) is 0.858. The Morgan fingerprint density at radius 3 is 2.94 bits per heavy atom. The number of pyridine rings is 1. The molecule has 0 spiro atoms. The van der Waals surface area contributed by atoms with Crippen molar-refractivity contribution < 1.29 is 4.79 Å². The third-order valence-electron chi connectivity index (χ3n) is 2.97. The van der Waals surface area contributed by atoms with Gasteiger partial charge >= 0.3 is 0 Å². The fourth-order valence-electron chi connectivity index (χ4n) is 1.95. The van der Waals surface area contributed by atoms with Gasteiger partial charge in [-0.15, -0.1) is 0 Å². The summed E-state index contributed by atoms with van der Waals surface area (Å²) in [7, 11) is 0. The number of carbonyl (C=O) groups excluding carboxylic acids is 1. The second-order valence-electron chi connectivity index (χ2n) is 4.48. The molecule has 4 nitrogen and oxygen atoms in total. The van der Waals surface area contributed by atoms with Crippen LogP contribution < -0.4 is 5.32 Å². The number of amides is 1. The van der Waals surface area contributed by atoms with Gasteiger partial charge in [0, 0.05) is 35.8 Å². The zero-order valence-corrected chi connectivity index (χ0v) is 11.6. The molecule has 1 saturated heterocycles. The molecule has 1 N–H and O–H groups in total. The first kappa shape index (κ1) is 12.5. The van der Waals surface area contributed by atoms with Crippen LogP contribution in [0.4, 0.5) is 0 Å². The SMILES string of the molecule is CC1CN(C(=O)c2ccc(Br)cn2)C(C)CN1. The van der Waals surface area contributed by atoms with E-state index in [9.17, 15) is 4.79 Å². The van der Waals surface area contributed by atoms with Crippen molar-refractivity contribution in [3.8, 4) is 0 Å². The molecule has 0 radical (unpaired) electrons. The lowest BCUT2D eigenvalue weighted by Crippen LogP contribution is -2.56. The maximum absolute atomic E-state index is 12.3. The fourth-order valence-corrected chi connectivity index (χ4v) is 2.19. The number of piperazine rings is 1. The van der Waals surface area contributed by atoms with Crippen molar-refractivity contribution >= 4 is 21.8 Å². The topological polar surface area (TPSA) is 45.2 Å². The van der Waals surface area contributed by atoms with Crippen LogP contribution in [0.2, 0.25) is 0 Å². The molecule has 0 aliphatic carbocycles. The van der Waals surface area contributed by atoms with Gasteiger partial charge in [0.2, 0.25) is 0 Å². The number of hydrogen-bond donors (Lipinski definition) is 1. The lowest BCUT2D eigenvalue weighted by atomic mass is 10.1. The van der Waals surface area contributed by atoms with Gasteiger partial charge in [0.15, 0.2) is 0 Å². The molecular formula is C12H16BrN3O. The second-order valence-corrected chi connectivity index (χ2v) is 5.39. The van der Waals surface area contributed by atoms with E-state index in [0.717, 1.165) is 17.6 Å². The number of aromatic nitrogens is 1. The number of nitrogens with one attached hydrogen (secondary N) is 1. The van der Waals surface area contributed by atoms with Gasteiger partial charge < -0.3 is 10.2 Å². The molecule has 92 valence electrons. The number of halogens is 1. The maximum Gasteiger partial charge on any atom is 0.272 e. The Balaban J connectivity index is 2.15. The predicted molar refractivity (Wildman–Crippen MR) is 69.9 cm³/mol. The maximum atomic E-state index is 12.3. The average molecular weight is 298 g/mol. The Bertz CT molecular complexity index is 407. The Kier molecular flexibility index (Phi) is 3.79. The summed E-state index contributed by atoms with van der Waals surface area (Å²) < 4.78 is 0.885. The first-order valence-electron chi connectivity index (χ1n) is 5.74. The lowest BCUT2D eigenvalue weighted by Gasteiger charge is -2.37. The van der Waals surface area contributed by atoms with Crippen molar-refractivity contribution in [1.82, 2.24) is 15.2 Å². The molecule has 0 saturated carbocycles. The fraction of sp³-hybridized carbons (Fsp3) is 0.500. The highest BCUT2D eigenvalue weighted by Gasteiger charge is 2.27. The van der Waals surface area contributed by atoms with Gasteiger partial charge in [0.25, 0.3) is 5.91 Å². The minimum atomic E-state index is 0.0124. The van der Waals surface area contributed by atoms with Crippen LogP contribution in [0.15, 0.2) is 22.8 Å². The standard InChI is InChI=1S/C12H16BrN3O/c1-8-7-16(9(2)5-14-8)12(17)11-4-3-10(13)6-15-11/h3-4,6,8-9,14H,5,7H2,1-2H3. The lowest BCUT2D eigenvalue weighted by molar-refractivity contribution is 0.0610. The van der Waals surface area contributed by atoms with Gasteiger partial charge in [-0.1, -0.05) is 0 Å². The normalized spacial score (nSPS) is 24.8. The smallest absolute Gasteiger partial charge is 0.272 e. The van der Waals surface area contributed by atoms with Gasteiger partial charge in [-0.2, -0.15) is 0 Å². The number of rotatable bonds is 1. The van der Waals surface area contributed by atoms with E-state index in [-0.39, 0.29) is 11.9 Å². The van der Waals surface area contributed by atoms with Gasteiger partial charge in [-0.25, -0.2) is 4.98 Å². The molecule has 5 heteroatoms. The van der Waals surface area contributed by atoms with Crippen LogP contribution in [0.1, 0.15) is 24.3 Å². The highest BCUT2D eigenvalue weighted by molar-refractivity contribution is 9.10. The molecule has 2 atom stereocenters. The van der Waals surface area contributed by atoms with E-state index in [1.54, 1.807) is 12.3 Å². The summed E-state index contributed by atoms with van der Waals surface area (Å²) in [5.41, 5.74) is 0.508. The Hall–Kier alpha value is -0.940. The van der Waals surface area contributed by atoms with Gasteiger partial charge in [-0.3, -0.25) is 4.79 Å². The highest BCUT2D eigenvalue weighted by atomic mass is 79.9. The van der Waals surface area contributed by atoms with E-state index >= 15 is 0 Å². The summed E-state index contributed by atoms with van der Waals surface area (Å²) in [4.78, 5) is 18.3. The molecule has 1 fully saturated rings. The Morgan fingerprint density at radius 2 is 2.29 bits per heavy atom. The highest BCUT2D eigenvalue weighted by Crippen LogP contribution is 2.13. The number of hydrogen-bond acceptors (Lipinski definition) is 3. The second kappa shape index (κ2) is 5.14. The largest absolute Gasteiger partial charge is 0.332 e. The summed E-state index contributed by atoms with van der Waals surface area (Å²) >= 11 is 3.31. The minimum Gasteiger partial charge on any atom is -0.332 e. The zero-order chi connectivity index (χ0) is 12.4.